The second-order valence-corrected chi connectivity index (χ2v) is 5.93. The molecular formula is C21H30O2. The van der Waals surface area contributed by atoms with E-state index < -0.39 is 79.8 Å². The molecule has 3 rings (SSSR count). The van der Waals surface area contributed by atoms with Gasteiger partial charge in [-0.25, -0.2) is 0 Å². The fourth-order valence-electron chi connectivity index (χ4n) is 2.97. The van der Waals surface area contributed by atoms with Gasteiger partial charge in [0, 0.05) is 36.6 Å². The van der Waals surface area contributed by atoms with Crippen molar-refractivity contribution >= 4 is 0 Å². The van der Waals surface area contributed by atoms with Crippen LogP contribution >= 0.6 is 0 Å². The minimum atomic E-state index is -3.46. The lowest BCUT2D eigenvalue weighted by molar-refractivity contribution is 0.0107. The fourth-order valence-corrected chi connectivity index (χ4v) is 2.97. The molecule has 2 atom stereocenters. The van der Waals surface area contributed by atoms with Crippen molar-refractivity contribution < 1.29 is 29.0 Å². The van der Waals surface area contributed by atoms with Crippen molar-refractivity contribution in [2.45, 2.75) is 77.4 Å². The Balaban J connectivity index is 2.47. The van der Waals surface area contributed by atoms with E-state index in [0.29, 0.717) is 18.9 Å². The third-order valence-electron chi connectivity index (χ3n) is 4.16. The molecule has 1 aromatic rings. The van der Waals surface area contributed by atoms with Crippen molar-refractivity contribution in [3.63, 3.8) is 0 Å². The van der Waals surface area contributed by atoms with E-state index in [0.717, 1.165) is 12.1 Å². The second kappa shape index (κ2) is 6.22. The molecule has 1 N–H and O–H groups in total. The standard InChI is InChI=1S/C21H30O2/c1-5-6-7-8-15-12-18(22)20-16-11-14(2)9-10-17(16)21(3,4)23-19(20)13-15/h11-13,16-17,22H,5-10H2,1-4H3/t16-,17-/m1/s1/i2D3,3D3,4D3,8D2,9D2,16D. The van der Waals surface area contributed by atoms with Gasteiger partial charge in [-0.3, -0.25) is 0 Å². The molecular weight excluding hydrogens is 284 g/mol. The van der Waals surface area contributed by atoms with Crippen molar-refractivity contribution in [3.05, 3.63) is 34.9 Å². The molecule has 0 aromatic heterocycles. The topological polar surface area (TPSA) is 29.5 Å². The summed E-state index contributed by atoms with van der Waals surface area (Å²) in [6.07, 6.45) is -3.87. The van der Waals surface area contributed by atoms with Crippen LogP contribution in [0.2, 0.25) is 0 Å². The smallest absolute Gasteiger partial charge is 0.127 e. The van der Waals surface area contributed by atoms with Crippen molar-refractivity contribution in [3.8, 4) is 11.5 Å². The molecule has 1 aliphatic carbocycles. The number of allylic oxidation sites excluding steroid dienone is 2. The Bertz CT molecular complexity index is 1070. The number of benzene rings is 1. The van der Waals surface area contributed by atoms with Crippen molar-refractivity contribution in [2.24, 2.45) is 5.92 Å². The van der Waals surface area contributed by atoms with E-state index in [1.165, 1.54) is 0 Å². The number of phenolic OH excluding ortho intramolecular Hbond substituents is 1. The van der Waals surface area contributed by atoms with Gasteiger partial charge in [0.2, 0.25) is 0 Å². The van der Waals surface area contributed by atoms with Crippen LogP contribution in [0.25, 0.3) is 0 Å². The van der Waals surface area contributed by atoms with E-state index in [1.807, 2.05) is 6.92 Å². The SMILES string of the molecule is [2H]C([2H])([2H])C1=C[C@@]2([2H])c3c(O)cc(C([2H])([2H])CCCC)cc3OC(C([2H])([2H])[2H])(C([2H])([2H])[2H])[C@@H]2CC1([2H])[2H]. The molecule has 1 aromatic carbocycles. The van der Waals surface area contributed by atoms with Gasteiger partial charge in [-0.15, -0.1) is 0 Å². The lowest BCUT2D eigenvalue weighted by Gasteiger charge is -2.46. The normalized spacial score (nSPS) is 41.8. The van der Waals surface area contributed by atoms with Gasteiger partial charge in [-0.1, -0.05) is 31.4 Å². The summed E-state index contributed by atoms with van der Waals surface area (Å²) in [4.78, 5) is 0. The van der Waals surface area contributed by atoms with E-state index in [1.54, 1.807) is 0 Å². The van der Waals surface area contributed by atoms with Gasteiger partial charge in [-0.2, -0.15) is 0 Å². The molecule has 23 heavy (non-hydrogen) atoms. The van der Waals surface area contributed by atoms with Gasteiger partial charge in [0.25, 0.3) is 0 Å². The van der Waals surface area contributed by atoms with Gasteiger partial charge in [0.1, 0.15) is 17.1 Å². The molecule has 2 aliphatic rings. The number of hydrogen-bond acceptors (Lipinski definition) is 2. The summed E-state index contributed by atoms with van der Waals surface area (Å²) in [7, 11) is 0. The van der Waals surface area contributed by atoms with Gasteiger partial charge < -0.3 is 9.84 Å². The van der Waals surface area contributed by atoms with Crippen molar-refractivity contribution in [1.29, 1.82) is 0 Å². The number of unbranched alkanes of at least 4 members (excludes halogenated alkanes) is 1. The molecule has 1 heterocycles. The monoisotopic (exact) mass is 328 g/mol. The Morgan fingerprint density at radius 2 is 2.35 bits per heavy atom. The number of fused-ring (bicyclic) bond motifs is 3. The number of aryl methyl sites for hydroxylation is 1. The minimum Gasteiger partial charge on any atom is -0.507 e. The number of ether oxygens (including phenoxy) is 1. The molecule has 0 fully saturated rings. The summed E-state index contributed by atoms with van der Waals surface area (Å²) < 4.78 is 121. The molecule has 2 nitrogen and oxygen atoms in total. The van der Waals surface area contributed by atoms with Crippen LogP contribution in [0.4, 0.5) is 0 Å². The molecule has 0 radical (unpaired) electrons. The largest absolute Gasteiger partial charge is 0.507 e. The average Bonchev–Trinajstić information content (AvgIpc) is 2.68. The Labute approximate surface area is 160 Å². The van der Waals surface area contributed by atoms with Crippen LogP contribution < -0.4 is 4.74 Å². The highest BCUT2D eigenvalue weighted by atomic mass is 16.5. The number of rotatable bonds is 4. The van der Waals surface area contributed by atoms with E-state index in [4.69, 9.17) is 22.6 Å². The predicted molar refractivity (Wildman–Crippen MR) is 95.3 cm³/mol. The summed E-state index contributed by atoms with van der Waals surface area (Å²) in [6, 6.07) is 2.09. The van der Waals surface area contributed by atoms with E-state index in [9.17, 15) is 6.48 Å². The maximum Gasteiger partial charge on any atom is 0.127 e. The number of hydrogen-bond donors (Lipinski definition) is 1. The number of aromatic hydroxyl groups is 1. The Hall–Kier alpha value is -1.44. The predicted octanol–water partition coefficient (Wildman–Crippen LogP) is 5.74. The van der Waals surface area contributed by atoms with Crippen LogP contribution in [0.15, 0.2) is 23.8 Å². The molecule has 0 unspecified atom stereocenters. The second-order valence-electron chi connectivity index (χ2n) is 5.93. The van der Waals surface area contributed by atoms with Crippen LogP contribution in [-0.4, -0.2) is 10.7 Å². The summed E-state index contributed by atoms with van der Waals surface area (Å²) in [5.41, 5.74) is -4.55. The van der Waals surface area contributed by atoms with Crippen LogP contribution in [0.5, 0.6) is 11.5 Å². The first-order valence-electron chi connectivity index (χ1n) is 14.8. The lowest BCUT2D eigenvalue weighted by Crippen LogP contribution is -2.45. The molecule has 0 bridgehead atoms. The molecule has 0 amide bonds. The van der Waals surface area contributed by atoms with Gasteiger partial charge in [-0.05, 0) is 63.8 Å². The van der Waals surface area contributed by atoms with Gasteiger partial charge in [0.15, 0.2) is 0 Å². The van der Waals surface area contributed by atoms with E-state index >= 15 is 0 Å². The van der Waals surface area contributed by atoms with Gasteiger partial charge in [0.05, 0.1) is 0 Å². The molecule has 2 heteroatoms. The van der Waals surface area contributed by atoms with Gasteiger partial charge >= 0.3 is 0 Å². The highest BCUT2D eigenvalue weighted by Gasteiger charge is 2.45. The van der Waals surface area contributed by atoms with Crippen LogP contribution in [-0.2, 0) is 6.37 Å². The zero-order valence-corrected chi connectivity index (χ0v) is 13.0. The van der Waals surface area contributed by atoms with E-state index in [2.05, 4.69) is 0 Å². The van der Waals surface area contributed by atoms with Crippen LogP contribution in [0.1, 0.15) is 95.7 Å². The zero-order chi connectivity index (χ0) is 28.6. The highest BCUT2D eigenvalue weighted by Crippen LogP contribution is 2.53. The fraction of sp³-hybridized carbons (Fsp3) is 0.619. The first-order valence-corrected chi connectivity index (χ1v) is 7.76. The third-order valence-corrected chi connectivity index (χ3v) is 4.16. The number of phenols is 1. The summed E-state index contributed by atoms with van der Waals surface area (Å²) >= 11 is 0. The highest BCUT2D eigenvalue weighted by molar-refractivity contribution is 5.53. The quantitative estimate of drug-likeness (QED) is 0.715. The average molecular weight is 329 g/mol. The summed E-state index contributed by atoms with van der Waals surface area (Å²) in [5.74, 6) is -5.79. The molecule has 126 valence electrons. The third kappa shape index (κ3) is 3.13. The summed E-state index contributed by atoms with van der Waals surface area (Å²) in [5, 5.41) is 11.0. The Morgan fingerprint density at radius 1 is 1.48 bits per heavy atom. The van der Waals surface area contributed by atoms with Crippen molar-refractivity contribution in [1.82, 2.24) is 0 Å². The Morgan fingerprint density at radius 3 is 3.09 bits per heavy atom. The van der Waals surface area contributed by atoms with Crippen molar-refractivity contribution in [2.75, 3.05) is 0 Å². The molecule has 0 saturated carbocycles. The minimum absolute atomic E-state index is 0.0311. The first-order chi connectivity index (χ1) is 16.5. The first kappa shape index (κ1) is 6.46. The summed E-state index contributed by atoms with van der Waals surface area (Å²) in [6.45, 7) is -8.11. The lowest BCUT2D eigenvalue weighted by atomic mass is 9.68. The molecule has 1 aliphatic heterocycles. The van der Waals surface area contributed by atoms with E-state index in [-0.39, 0.29) is 12.0 Å². The van der Waals surface area contributed by atoms with Crippen LogP contribution in [0, 0.1) is 5.92 Å². The zero-order valence-electron chi connectivity index (χ0n) is 27.0. The maximum atomic E-state index is 11.0. The Kier molecular flexibility index (Phi) is 1.75. The molecule has 0 spiro atoms. The van der Waals surface area contributed by atoms with Crippen LogP contribution in [0.3, 0.4) is 0 Å². The maximum absolute atomic E-state index is 11.0. The molecule has 0 saturated heterocycles.